The number of nitrogens with zero attached hydrogens (tertiary/aromatic N) is 1. The number of ether oxygens (including phenoxy) is 2. The van der Waals surface area contributed by atoms with Gasteiger partial charge in [-0.2, -0.15) is 5.26 Å². The van der Waals surface area contributed by atoms with Crippen LogP contribution in [0.4, 0.5) is 5.00 Å². The van der Waals surface area contributed by atoms with E-state index in [4.69, 9.17) is 21.1 Å². The van der Waals surface area contributed by atoms with Crippen molar-refractivity contribution in [2.45, 2.75) is 6.92 Å². The normalized spacial score (nSPS) is 10.9. The van der Waals surface area contributed by atoms with Gasteiger partial charge in [0.05, 0.1) is 13.7 Å². The Bertz CT molecular complexity index is 1210. The zero-order valence-electron chi connectivity index (χ0n) is 17.3. The highest BCUT2D eigenvalue weighted by Gasteiger charge is 2.24. The molecule has 0 unspecified atom stereocenters. The summed E-state index contributed by atoms with van der Waals surface area (Å²) in [4.78, 5) is 25.5. The van der Waals surface area contributed by atoms with Crippen LogP contribution in [-0.4, -0.2) is 25.6 Å². The van der Waals surface area contributed by atoms with Gasteiger partial charge in [-0.15, -0.1) is 11.3 Å². The average Bonchev–Trinajstić information content (AvgIpc) is 3.22. The molecule has 8 heteroatoms. The fraction of sp³-hybridized carbons (Fsp3) is 0.125. The molecule has 2 aromatic carbocycles. The molecule has 1 heterocycles. The van der Waals surface area contributed by atoms with Crippen LogP contribution in [0.15, 0.2) is 59.5 Å². The lowest BCUT2D eigenvalue weighted by Gasteiger charge is -2.09. The van der Waals surface area contributed by atoms with Crippen molar-refractivity contribution in [3.63, 3.8) is 0 Å². The summed E-state index contributed by atoms with van der Waals surface area (Å²) in [7, 11) is 1.57. The molecule has 0 spiro atoms. The summed E-state index contributed by atoms with van der Waals surface area (Å²) in [6, 6.07) is 15.9. The molecule has 0 fully saturated rings. The molecule has 0 atom stereocenters. The number of thiophene rings is 1. The summed E-state index contributed by atoms with van der Waals surface area (Å²) in [5.41, 5.74) is 1.99. The Kier molecular flexibility index (Phi) is 7.66. The van der Waals surface area contributed by atoms with E-state index in [2.05, 4.69) is 5.32 Å². The molecule has 0 aliphatic carbocycles. The largest absolute Gasteiger partial charge is 0.497 e. The van der Waals surface area contributed by atoms with Crippen LogP contribution < -0.4 is 10.1 Å². The topological polar surface area (TPSA) is 88.4 Å². The molecule has 3 rings (SSSR count). The number of hydrogen-bond donors (Lipinski definition) is 1. The van der Waals surface area contributed by atoms with Crippen molar-refractivity contribution in [3.05, 3.63) is 75.6 Å². The van der Waals surface area contributed by atoms with Crippen molar-refractivity contribution in [3.8, 4) is 22.9 Å². The van der Waals surface area contributed by atoms with Crippen LogP contribution in [0, 0.1) is 11.3 Å². The highest BCUT2D eigenvalue weighted by molar-refractivity contribution is 7.15. The second kappa shape index (κ2) is 10.6. The Morgan fingerprint density at radius 2 is 1.91 bits per heavy atom. The molecule has 1 amide bonds. The molecule has 6 nitrogen and oxygen atoms in total. The third-order valence-corrected chi connectivity index (χ3v) is 5.71. The summed E-state index contributed by atoms with van der Waals surface area (Å²) in [5, 5.41) is 14.6. The van der Waals surface area contributed by atoms with Crippen molar-refractivity contribution < 1.29 is 19.1 Å². The monoisotopic (exact) mass is 466 g/mol. The highest BCUT2D eigenvalue weighted by Crippen LogP contribution is 2.37. The minimum Gasteiger partial charge on any atom is -0.497 e. The number of carbonyl (C=O) groups is 2. The second-order valence-corrected chi connectivity index (χ2v) is 7.73. The number of benzene rings is 2. The van der Waals surface area contributed by atoms with Crippen LogP contribution in [0.3, 0.4) is 0 Å². The van der Waals surface area contributed by atoms with Gasteiger partial charge in [-0.3, -0.25) is 4.79 Å². The number of esters is 1. The minimum atomic E-state index is -0.652. The molecule has 0 saturated carbocycles. The van der Waals surface area contributed by atoms with Gasteiger partial charge >= 0.3 is 5.97 Å². The molecular formula is C24H19ClN2O4S. The summed E-state index contributed by atoms with van der Waals surface area (Å²) < 4.78 is 10.4. The molecule has 3 aromatic rings. The summed E-state index contributed by atoms with van der Waals surface area (Å²) in [6.45, 7) is 1.88. The zero-order chi connectivity index (χ0) is 23.1. The van der Waals surface area contributed by atoms with Crippen LogP contribution in [0.2, 0.25) is 5.02 Å². The van der Waals surface area contributed by atoms with Crippen LogP contribution in [0.25, 0.3) is 17.2 Å². The quantitative estimate of drug-likeness (QED) is 0.270. The number of methoxy groups -OCH3 is 1. The van der Waals surface area contributed by atoms with E-state index >= 15 is 0 Å². The highest BCUT2D eigenvalue weighted by atomic mass is 35.5. The Hall–Kier alpha value is -3.60. The van der Waals surface area contributed by atoms with E-state index in [0.717, 1.165) is 5.56 Å². The summed E-state index contributed by atoms with van der Waals surface area (Å²) in [5.74, 6) is -0.539. The molecule has 0 aliphatic rings. The minimum absolute atomic E-state index is 0.146. The van der Waals surface area contributed by atoms with Crippen LogP contribution in [-0.2, 0) is 9.53 Å². The second-order valence-electron chi connectivity index (χ2n) is 6.45. The van der Waals surface area contributed by atoms with Crippen LogP contribution in [0.1, 0.15) is 22.8 Å². The molecular weight excluding hydrogens is 448 g/mol. The average molecular weight is 467 g/mol. The predicted molar refractivity (Wildman–Crippen MR) is 126 cm³/mol. The number of anilines is 1. The van der Waals surface area contributed by atoms with Gasteiger partial charge in [-0.25, -0.2) is 4.79 Å². The summed E-state index contributed by atoms with van der Waals surface area (Å²) >= 11 is 7.30. The number of rotatable bonds is 7. The maximum absolute atomic E-state index is 12.8. The van der Waals surface area contributed by atoms with Gasteiger partial charge in [0, 0.05) is 16.0 Å². The van der Waals surface area contributed by atoms with E-state index in [1.54, 1.807) is 55.8 Å². The third-order valence-electron chi connectivity index (χ3n) is 4.47. The zero-order valence-corrected chi connectivity index (χ0v) is 18.9. The van der Waals surface area contributed by atoms with E-state index in [1.165, 1.54) is 17.4 Å². The molecule has 0 bridgehead atoms. The predicted octanol–water partition coefficient (Wildman–Crippen LogP) is 5.80. The Balaban J connectivity index is 1.97. The van der Waals surface area contributed by atoms with E-state index in [0.29, 0.717) is 26.9 Å². The molecule has 1 aromatic heterocycles. The van der Waals surface area contributed by atoms with Gasteiger partial charge in [0.15, 0.2) is 0 Å². The number of carbonyl (C=O) groups excluding carboxylic acids is 2. The van der Waals surface area contributed by atoms with E-state index in [1.807, 2.05) is 18.2 Å². The maximum atomic E-state index is 12.8. The molecule has 0 saturated heterocycles. The molecule has 0 radical (unpaired) electrons. The lowest BCUT2D eigenvalue weighted by Crippen LogP contribution is -2.16. The van der Waals surface area contributed by atoms with Gasteiger partial charge in [-0.05, 0) is 42.3 Å². The van der Waals surface area contributed by atoms with E-state index in [-0.39, 0.29) is 17.7 Å². The van der Waals surface area contributed by atoms with Gasteiger partial charge in [0.1, 0.15) is 28.0 Å². The standard InChI is InChI=1S/C24H19ClN2O4S/c1-3-31-24(29)21-19(15-8-10-18(30-2)11-9-15)14-32-23(21)27-22(28)17(13-26)12-16-6-4-5-7-20(16)25/h4-12,14H,3H2,1-2H3,(H,27,28)/b17-12+. The van der Waals surface area contributed by atoms with Crippen molar-refractivity contribution in [2.75, 3.05) is 19.0 Å². The maximum Gasteiger partial charge on any atom is 0.341 e. The lowest BCUT2D eigenvalue weighted by atomic mass is 10.0. The number of halogens is 1. The van der Waals surface area contributed by atoms with E-state index in [9.17, 15) is 14.9 Å². The van der Waals surface area contributed by atoms with Crippen LogP contribution >= 0.6 is 22.9 Å². The van der Waals surface area contributed by atoms with Gasteiger partial charge in [0.25, 0.3) is 5.91 Å². The van der Waals surface area contributed by atoms with Crippen molar-refractivity contribution in [2.24, 2.45) is 0 Å². The smallest absolute Gasteiger partial charge is 0.341 e. The fourth-order valence-corrected chi connectivity index (χ4v) is 4.05. The van der Waals surface area contributed by atoms with Gasteiger partial charge in [-0.1, -0.05) is 41.9 Å². The number of nitrogens with one attached hydrogen (secondary N) is 1. The summed E-state index contributed by atoms with van der Waals surface area (Å²) in [6.07, 6.45) is 1.40. The molecule has 32 heavy (non-hydrogen) atoms. The molecule has 0 aliphatic heterocycles. The SMILES string of the molecule is CCOC(=O)c1c(-c2ccc(OC)cc2)csc1NC(=O)/C(C#N)=C/c1ccccc1Cl. The molecule has 162 valence electrons. The van der Waals surface area contributed by atoms with Crippen molar-refractivity contribution in [1.82, 2.24) is 0 Å². The Morgan fingerprint density at radius 3 is 2.53 bits per heavy atom. The number of nitriles is 1. The van der Waals surface area contributed by atoms with Gasteiger partial charge in [0.2, 0.25) is 0 Å². The Morgan fingerprint density at radius 1 is 1.19 bits per heavy atom. The lowest BCUT2D eigenvalue weighted by molar-refractivity contribution is -0.112. The molecule has 1 N–H and O–H groups in total. The van der Waals surface area contributed by atoms with Gasteiger partial charge < -0.3 is 14.8 Å². The Labute approximate surface area is 194 Å². The van der Waals surface area contributed by atoms with Crippen molar-refractivity contribution >= 4 is 45.9 Å². The van der Waals surface area contributed by atoms with Crippen molar-refractivity contribution in [1.29, 1.82) is 5.26 Å². The third kappa shape index (κ3) is 5.17. The first-order valence-corrected chi connectivity index (χ1v) is 10.8. The first kappa shape index (κ1) is 23.1. The first-order valence-electron chi connectivity index (χ1n) is 9.59. The first-order chi connectivity index (χ1) is 15.5. The fourth-order valence-electron chi connectivity index (χ4n) is 2.91. The van der Waals surface area contributed by atoms with Crippen LogP contribution in [0.5, 0.6) is 5.75 Å². The number of hydrogen-bond acceptors (Lipinski definition) is 6. The van der Waals surface area contributed by atoms with E-state index < -0.39 is 11.9 Å². The number of amides is 1.